The largest absolute Gasteiger partial charge is 0.305 e. The van der Waals surface area contributed by atoms with Crippen LogP contribution in [0.4, 0.5) is 0 Å². The standard InChI is InChI=1S/C10H20NP/c12-10-7-3-1-5-9(11-10)6-2-4-8-10/h9,11H,1-8,12H2. The molecule has 0 aromatic heterocycles. The van der Waals surface area contributed by atoms with E-state index in [0.717, 1.165) is 6.04 Å². The molecular weight excluding hydrogens is 165 g/mol. The van der Waals surface area contributed by atoms with Crippen molar-refractivity contribution in [2.24, 2.45) is 0 Å². The fraction of sp³-hybridized carbons (Fsp3) is 1.00. The Bertz CT molecular complexity index is 146. The van der Waals surface area contributed by atoms with Gasteiger partial charge in [-0.1, -0.05) is 25.7 Å². The molecule has 2 aliphatic rings. The van der Waals surface area contributed by atoms with Crippen LogP contribution in [0.1, 0.15) is 51.4 Å². The third kappa shape index (κ3) is 2.00. The number of hydrogen-bond donors (Lipinski definition) is 1. The van der Waals surface area contributed by atoms with Gasteiger partial charge in [-0.15, -0.1) is 9.24 Å². The molecule has 2 saturated heterocycles. The maximum atomic E-state index is 3.82. The predicted molar refractivity (Wildman–Crippen MR) is 56.3 cm³/mol. The van der Waals surface area contributed by atoms with Crippen LogP contribution in [-0.4, -0.2) is 11.3 Å². The molecule has 0 amide bonds. The third-order valence-corrected chi connectivity index (χ3v) is 4.09. The quantitative estimate of drug-likeness (QED) is 0.572. The van der Waals surface area contributed by atoms with E-state index < -0.39 is 0 Å². The molecule has 2 aliphatic heterocycles. The first-order chi connectivity index (χ1) is 5.79. The molecule has 1 nitrogen and oxygen atoms in total. The van der Waals surface area contributed by atoms with Crippen LogP contribution in [-0.2, 0) is 0 Å². The van der Waals surface area contributed by atoms with Crippen LogP contribution in [0.2, 0.25) is 0 Å². The van der Waals surface area contributed by atoms with E-state index in [2.05, 4.69) is 14.6 Å². The van der Waals surface area contributed by atoms with Gasteiger partial charge in [0.25, 0.3) is 0 Å². The van der Waals surface area contributed by atoms with Crippen LogP contribution < -0.4 is 5.32 Å². The number of rotatable bonds is 0. The van der Waals surface area contributed by atoms with Gasteiger partial charge in [-0.2, -0.15) is 0 Å². The van der Waals surface area contributed by atoms with Gasteiger partial charge in [0.15, 0.2) is 0 Å². The summed E-state index contributed by atoms with van der Waals surface area (Å²) in [5.41, 5.74) is 0. The van der Waals surface area contributed by atoms with Gasteiger partial charge in [0.1, 0.15) is 0 Å². The highest BCUT2D eigenvalue weighted by atomic mass is 31.0. The van der Waals surface area contributed by atoms with E-state index in [-0.39, 0.29) is 0 Å². The Hall–Kier alpha value is 0.390. The molecule has 70 valence electrons. The summed E-state index contributed by atoms with van der Waals surface area (Å²) in [5, 5.41) is 4.23. The minimum absolute atomic E-state index is 0.414. The summed E-state index contributed by atoms with van der Waals surface area (Å²) >= 11 is 0. The molecule has 0 saturated carbocycles. The molecule has 0 radical (unpaired) electrons. The SMILES string of the molecule is PC12CCCCC(CCCC1)N2. The van der Waals surface area contributed by atoms with E-state index in [9.17, 15) is 0 Å². The number of hydrogen-bond acceptors (Lipinski definition) is 1. The first-order valence-electron chi connectivity index (χ1n) is 5.35. The fourth-order valence-electron chi connectivity index (χ4n) is 2.63. The van der Waals surface area contributed by atoms with Gasteiger partial charge in [-0.25, -0.2) is 0 Å². The highest BCUT2D eigenvalue weighted by Crippen LogP contribution is 2.35. The van der Waals surface area contributed by atoms with E-state index >= 15 is 0 Å². The van der Waals surface area contributed by atoms with Gasteiger partial charge >= 0.3 is 0 Å². The summed E-state index contributed by atoms with van der Waals surface area (Å²) in [7, 11) is 3.07. The van der Waals surface area contributed by atoms with E-state index in [1.165, 1.54) is 51.4 Å². The van der Waals surface area contributed by atoms with Crippen molar-refractivity contribution in [1.29, 1.82) is 0 Å². The summed E-state index contributed by atoms with van der Waals surface area (Å²) in [4.78, 5) is 0. The minimum atomic E-state index is 0.414. The molecular formula is C10H20NP. The lowest BCUT2D eigenvalue weighted by molar-refractivity contribution is 0.398. The first-order valence-corrected chi connectivity index (χ1v) is 5.93. The van der Waals surface area contributed by atoms with Crippen LogP contribution >= 0.6 is 9.24 Å². The molecule has 2 heterocycles. The van der Waals surface area contributed by atoms with Gasteiger partial charge in [0.2, 0.25) is 0 Å². The molecule has 0 aromatic rings. The smallest absolute Gasteiger partial charge is 0.0325 e. The zero-order valence-corrected chi connectivity index (χ0v) is 8.97. The molecule has 2 fully saturated rings. The summed E-state index contributed by atoms with van der Waals surface area (Å²) in [6.07, 6.45) is 11.3. The maximum absolute atomic E-state index is 3.82. The highest BCUT2D eigenvalue weighted by Gasteiger charge is 2.31. The molecule has 12 heavy (non-hydrogen) atoms. The average molecular weight is 185 g/mol. The van der Waals surface area contributed by atoms with Crippen molar-refractivity contribution in [1.82, 2.24) is 5.32 Å². The Morgan fingerprint density at radius 1 is 1.00 bits per heavy atom. The number of fused-ring (bicyclic) bond motifs is 2. The first kappa shape index (κ1) is 8.97. The van der Waals surface area contributed by atoms with Crippen LogP contribution in [0.3, 0.4) is 0 Å². The fourth-order valence-corrected chi connectivity index (χ4v) is 3.27. The second-order valence-electron chi connectivity index (χ2n) is 4.49. The summed E-state index contributed by atoms with van der Waals surface area (Å²) in [6, 6.07) is 0.826. The van der Waals surface area contributed by atoms with Crippen LogP contribution in [0.5, 0.6) is 0 Å². The van der Waals surface area contributed by atoms with E-state index in [4.69, 9.17) is 0 Å². The van der Waals surface area contributed by atoms with Crippen LogP contribution in [0.25, 0.3) is 0 Å². The monoisotopic (exact) mass is 185 g/mol. The average Bonchev–Trinajstić information content (AvgIpc) is 2.33. The molecule has 0 spiro atoms. The lowest BCUT2D eigenvalue weighted by Gasteiger charge is -2.30. The van der Waals surface area contributed by atoms with Crippen LogP contribution in [0.15, 0.2) is 0 Å². The van der Waals surface area contributed by atoms with Gasteiger partial charge < -0.3 is 5.32 Å². The van der Waals surface area contributed by atoms with E-state index in [1.807, 2.05) is 0 Å². The van der Waals surface area contributed by atoms with Crippen molar-refractivity contribution in [3.63, 3.8) is 0 Å². The highest BCUT2D eigenvalue weighted by molar-refractivity contribution is 7.18. The second kappa shape index (κ2) is 3.64. The van der Waals surface area contributed by atoms with Crippen molar-refractivity contribution >= 4 is 9.24 Å². The molecule has 1 N–H and O–H groups in total. The zero-order chi connectivity index (χ0) is 8.44. The lowest BCUT2D eigenvalue weighted by atomic mass is 10.0. The van der Waals surface area contributed by atoms with Gasteiger partial charge in [0.05, 0.1) is 0 Å². The summed E-state index contributed by atoms with van der Waals surface area (Å²) in [5.74, 6) is 0. The molecule has 1 unspecified atom stereocenters. The number of nitrogens with one attached hydrogen (secondary N) is 1. The van der Waals surface area contributed by atoms with E-state index in [1.54, 1.807) is 0 Å². The zero-order valence-electron chi connectivity index (χ0n) is 7.81. The third-order valence-electron chi connectivity index (χ3n) is 3.34. The van der Waals surface area contributed by atoms with Gasteiger partial charge in [-0.3, -0.25) is 0 Å². The summed E-state index contributed by atoms with van der Waals surface area (Å²) < 4.78 is 0. The maximum Gasteiger partial charge on any atom is 0.0325 e. The molecule has 2 heteroatoms. The Labute approximate surface area is 77.9 Å². The Morgan fingerprint density at radius 3 is 2.17 bits per heavy atom. The molecule has 2 bridgehead atoms. The molecule has 2 rings (SSSR count). The summed E-state index contributed by atoms with van der Waals surface area (Å²) in [6.45, 7) is 0. The normalized spacial score (nSPS) is 43.2. The van der Waals surface area contributed by atoms with Crippen LogP contribution in [0, 0.1) is 0 Å². The lowest BCUT2D eigenvalue weighted by Crippen LogP contribution is -2.42. The van der Waals surface area contributed by atoms with E-state index in [0.29, 0.717) is 5.28 Å². The Kier molecular flexibility index (Phi) is 2.72. The predicted octanol–water partition coefficient (Wildman–Crippen LogP) is 2.66. The van der Waals surface area contributed by atoms with Crippen molar-refractivity contribution in [3.8, 4) is 0 Å². The van der Waals surface area contributed by atoms with Gasteiger partial charge in [0, 0.05) is 11.3 Å². The van der Waals surface area contributed by atoms with Crippen molar-refractivity contribution < 1.29 is 0 Å². The van der Waals surface area contributed by atoms with Crippen molar-refractivity contribution in [3.05, 3.63) is 0 Å². The minimum Gasteiger partial charge on any atom is -0.305 e. The Morgan fingerprint density at radius 2 is 1.58 bits per heavy atom. The topological polar surface area (TPSA) is 12.0 Å². The van der Waals surface area contributed by atoms with Crippen molar-refractivity contribution in [2.45, 2.75) is 62.7 Å². The van der Waals surface area contributed by atoms with Crippen molar-refractivity contribution in [2.75, 3.05) is 0 Å². The Balaban J connectivity index is 2.08. The second-order valence-corrected chi connectivity index (χ2v) is 5.59. The molecule has 0 aliphatic carbocycles. The van der Waals surface area contributed by atoms with Gasteiger partial charge in [-0.05, 0) is 25.7 Å². The molecule has 1 atom stereocenters. The molecule has 0 aromatic carbocycles.